The standard InChI is InChI=1S/C10H13NO3.ClH/c11-9(5-6-12)7-3-1-2-4-8(7)10(13)14;/h1-4,9,12H,5-6,11H2,(H,13,14);1H/t9-;/m1./s1. The van der Waals surface area contributed by atoms with E-state index in [1.807, 2.05) is 0 Å². The summed E-state index contributed by atoms with van der Waals surface area (Å²) in [7, 11) is 0. The van der Waals surface area contributed by atoms with Crippen LogP contribution < -0.4 is 5.73 Å². The van der Waals surface area contributed by atoms with Crippen LogP contribution in [0.3, 0.4) is 0 Å². The zero-order valence-electron chi connectivity index (χ0n) is 8.09. The van der Waals surface area contributed by atoms with Gasteiger partial charge in [0.05, 0.1) is 5.56 Å². The lowest BCUT2D eigenvalue weighted by Crippen LogP contribution is -2.16. The number of carbonyl (C=O) groups is 1. The number of aromatic carboxylic acids is 1. The Kier molecular flexibility index (Phi) is 5.93. The van der Waals surface area contributed by atoms with Gasteiger partial charge >= 0.3 is 5.97 Å². The van der Waals surface area contributed by atoms with E-state index in [0.717, 1.165) is 0 Å². The number of hydrogen-bond donors (Lipinski definition) is 3. The molecule has 4 nitrogen and oxygen atoms in total. The summed E-state index contributed by atoms with van der Waals surface area (Å²) in [4.78, 5) is 10.8. The maximum atomic E-state index is 10.8. The smallest absolute Gasteiger partial charge is 0.336 e. The fraction of sp³-hybridized carbons (Fsp3) is 0.300. The normalized spacial score (nSPS) is 11.6. The summed E-state index contributed by atoms with van der Waals surface area (Å²) < 4.78 is 0. The number of aliphatic hydroxyl groups is 1. The number of rotatable bonds is 4. The number of benzene rings is 1. The SMILES string of the molecule is Cl.N[C@H](CCO)c1ccccc1C(=O)O. The molecule has 0 aliphatic carbocycles. The first-order chi connectivity index (χ1) is 6.66. The summed E-state index contributed by atoms with van der Waals surface area (Å²) in [5, 5.41) is 17.6. The minimum Gasteiger partial charge on any atom is -0.478 e. The number of hydrogen-bond acceptors (Lipinski definition) is 3. The molecule has 0 aliphatic rings. The predicted molar refractivity (Wildman–Crippen MR) is 59.3 cm³/mol. The highest BCUT2D eigenvalue weighted by atomic mass is 35.5. The molecule has 5 heteroatoms. The largest absolute Gasteiger partial charge is 0.478 e. The third-order valence-corrected chi connectivity index (χ3v) is 2.03. The van der Waals surface area contributed by atoms with Crippen molar-refractivity contribution in [1.82, 2.24) is 0 Å². The van der Waals surface area contributed by atoms with Gasteiger partial charge in [-0.3, -0.25) is 0 Å². The van der Waals surface area contributed by atoms with Crippen molar-refractivity contribution in [1.29, 1.82) is 0 Å². The minimum absolute atomic E-state index is 0. The minimum atomic E-state index is -0.992. The Labute approximate surface area is 94.1 Å². The fourth-order valence-corrected chi connectivity index (χ4v) is 1.31. The van der Waals surface area contributed by atoms with Crippen molar-refractivity contribution in [3.8, 4) is 0 Å². The highest BCUT2D eigenvalue weighted by Crippen LogP contribution is 2.18. The lowest BCUT2D eigenvalue weighted by atomic mass is 9.99. The van der Waals surface area contributed by atoms with Gasteiger partial charge in [-0.1, -0.05) is 18.2 Å². The van der Waals surface area contributed by atoms with E-state index in [-0.39, 0.29) is 24.6 Å². The molecule has 84 valence electrons. The molecular weight excluding hydrogens is 218 g/mol. The van der Waals surface area contributed by atoms with Crippen molar-refractivity contribution in [3.63, 3.8) is 0 Å². The zero-order valence-corrected chi connectivity index (χ0v) is 8.91. The van der Waals surface area contributed by atoms with E-state index < -0.39 is 12.0 Å². The molecular formula is C10H14ClNO3. The number of carboxylic acids is 1. The van der Waals surface area contributed by atoms with E-state index in [0.29, 0.717) is 12.0 Å². The fourth-order valence-electron chi connectivity index (χ4n) is 1.31. The quantitative estimate of drug-likeness (QED) is 0.727. The maximum absolute atomic E-state index is 10.8. The Bertz CT molecular complexity index is 330. The summed E-state index contributed by atoms with van der Waals surface area (Å²) in [5.41, 5.74) is 6.49. The summed E-state index contributed by atoms with van der Waals surface area (Å²) in [6, 6.07) is 6.14. The van der Waals surface area contributed by atoms with Gasteiger partial charge in [0, 0.05) is 12.6 Å². The highest BCUT2D eigenvalue weighted by molar-refractivity contribution is 5.89. The van der Waals surface area contributed by atoms with E-state index in [9.17, 15) is 4.79 Å². The average Bonchev–Trinajstić information content (AvgIpc) is 2.18. The summed E-state index contributed by atoms with van der Waals surface area (Å²) in [6.07, 6.45) is 0.365. The van der Waals surface area contributed by atoms with Crippen molar-refractivity contribution in [2.75, 3.05) is 6.61 Å². The number of halogens is 1. The molecule has 0 saturated heterocycles. The molecule has 4 N–H and O–H groups in total. The monoisotopic (exact) mass is 231 g/mol. The second-order valence-electron chi connectivity index (χ2n) is 3.01. The molecule has 0 aromatic heterocycles. The van der Waals surface area contributed by atoms with Crippen LogP contribution in [0.25, 0.3) is 0 Å². The maximum Gasteiger partial charge on any atom is 0.336 e. The van der Waals surface area contributed by atoms with Crippen LogP contribution in [0.15, 0.2) is 24.3 Å². The second-order valence-corrected chi connectivity index (χ2v) is 3.01. The highest BCUT2D eigenvalue weighted by Gasteiger charge is 2.14. The third-order valence-electron chi connectivity index (χ3n) is 2.03. The van der Waals surface area contributed by atoms with Gasteiger partial charge < -0.3 is 15.9 Å². The van der Waals surface area contributed by atoms with E-state index in [1.165, 1.54) is 6.07 Å². The van der Waals surface area contributed by atoms with Gasteiger partial charge in [0.15, 0.2) is 0 Å². The molecule has 0 aliphatic heterocycles. The topological polar surface area (TPSA) is 83.5 Å². The van der Waals surface area contributed by atoms with Gasteiger partial charge in [-0.2, -0.15) is 0 Å². The van der Waals surface area contributed by atoms with E-state index in [2.05, 4.69) is 0 Å². The molecule has 0 fully saturated rings. The van der Waals surface area contributed by atoms with Crippen molar-refractivity contribution in [3.05, 3.63) is 35.4 Å². The van der Waals surface area contributed by atoms with Crippen LogP contribution >= 0.6 is 12.4 Å². The first-order valence-corrected chi connectivity index (χ1v) is 4.35. The Balaban J connectivity index is 0.00000196. The van der Waals surface area contributed by atoms with Gasteiger partial charge in [0.25, 0.3) is 0 Å². The van der Waals surface area contributed by atoms with Gasteiger partial charge in [-0.25, -0.2) is 4.79 Å². The first-order valence-electron chi connectivity index (χ1n) is 4.35. The van der Waals surface area contributed by atoms with Crippen molar-refractivity contribution < 1.29 is 15.0 Å². The number of aliphatic hydroxyl groups excluding tert-OH is 1. The Morgan fingerprint density at radius 2 is 2.00 bits per heavy atom. The van der Waals surface area contributed by atoms with Crippen molar-refractivity contribution in [2.45, 2.75) is 12.5 Å². The third kappa shape index (κ3) is 3.51. The molecule has 0 bridgehead atoms. The molecule has 0 unspecified atom stereocenters. The molecule has 0 saturated carbocycles. The molecule has 15 heavy (non-hydrogen) atoms. The molecule has 0 heterocycles. The molecule has 0 spiro atoms. The molecule has 1 aromatic rings. The lowest BCUT2D eigenvalue weighted by molar-refractivity contribution is 0.0694. The van der Waals surface area contributed by atoms with Crippen LogP contribution in [0.1, 0.15) is 28.4 Å². The van der Waals surface area contributed by atoms with Crippen molar-refractivity contribution >= 4 is 18.4 Å². The molecule has 0 radical (unpaired) electrons. The van der Waals surface area contributed by atoms with Crippen LogP contribution in [0, 0.1) is 0 Å². The van der Waals surface area contributed by atoms with Crippen LogP contribution in [0.2, 0.25) is 0 Å². The lowest BCUT2D eigenvalue weighted by Gasteiger charge is -2.12. The van der Waals surface area contributed by atoms with Gasteiger partial charge in [-0.05, 0) is 18.1 Å². The Morgan fingerprint density at radius 3 is 2.53 bits per heavy atom. The second kappa shape index (κ2) is 6.40. The first kappa shape index (κ1) is 13.9. The summed E-state index contributed by atoms with van der Waals surface area (Å²) in [5.74, 6) is -0.992. The average molecular weight is 232 g/mol. The molecule has 1 atom stereocenters. The molecule has 1 rings (SSSR count). The van der Waals surface area contributed by atoms with Crippen molar-refractivity contribution in [2.24, 2.45) is 5.73 Å². The number of nitrogens with two attached hydrogens (primary N) is 1. The van der Waals surface area contributed by atoms with Crippen LogP contribution in [0.4, 0.5) is 0 Å². The zero-order chi connectivity index (χ0) is 10.6. The Hall–Kier alpha value is -1.10. The van der Waals surface area contributed by atoms with E-state index in [4.69, 9.17) is 15.9 Å². The molecule has 0 amide bonds. The summed E-state index contributed by atoms with van der Waals surface area (Å²) in [6.45, 7) is -0.0465. The molecule has 1 aromatic carbocycles. The Morgan fingerprint density at radius 1 is 1.40 bits per heavy atom. The van der Waals surface area contributed by atoms with Gasteiger partial charge in [0.2, 0.25) is 0 Å². The van der Waals surface area contributed by atoms with E-state index >= 15 is 0 Å². The van der Waals surface area contributed by atoms with Crippen LogP contribution in [-0.4, -0.2) is 22.8 Å². The van der Waals surface area contributed by atoms with Crippen LogP contribution in [-0.2, 0) is 0 Å². The predicted octanol–water partition coefficient (Wildman–Crippen LogP) is 1.19. The van der Waals surface area contributed by atoms with Gasteiger partial charge in [-0.15, -0.1) is 12.4 Å². The van der Waals surface area contributed by atoms with Gasteiger partial charge in [0.1, 0.15) is 0 Å². The summed E-state index contributed by atoms with van der Waals surface area (Å²) >= 11 is 0. The number of carboxylic acid groups (broad SMARTS) is 1. The van der Waals surface area contributed by atoms with Crippen LogP contribution in [0.5, 0.6) is 0 Å². The van der Waals surface area contributed by atoms with E-state index in [1.54, 1.807) is 18.2 Å².